The maximum Gasteiger partial charge on any atom is 0.295 e. The minimum Gasteiger partial charge on any atom is -0.506 e. The Balaban J connectivity index is 2.26. The van der Waals surface area contributed by atoms with Crippen LogP contribution in [0.1, 0.15) is 31.0 Å². The summed E-state index contributed by atoms with van der Waals surface area (Å²) in [5, 5.41) is 11.5. The fraction of sp³-hybridized carbons (Fsp3) is 0.407. The third-order valence-corrected chi connectivity index (χ3v) is 5.86. The summed E-state index contributed by atoms with van der Waals surface area (Å²) in [6.07, 6.45) is -0.0755. The fourth-order valence-corrected chi connectivity index (χ4v) is 4.19. The zero-order valence-electron chi connectivity index (χ0n) is 21.8. The van der Waals surface area contributed by atoms with Crippen molar-refractivity contribution in [1.82, 2.24) is 9.80 Å². The molecule has 2 aromatic carbocycles. The molecular formula is C27H34N2O7. The molecule has 0 aliphatic carbocycles. The Morgan fingerprint density at radius 1 is 0.972 bits per heavy atom. The number of likely N-dealkylation sites (N-methyl/N-ethyl adjacent to an activating group) is 1. The van der Waals surface area contributed by atoms with E-state index in [0.29, 0.717) is 35.1 Å². The lowest BCUT2D eigenvalue weighted by atomic mass is 9.94. The second kappa shape index (κ2) is 11.3. The van der Waals surface area contributed by atoms with Crippen molar-refractivity contribution in [3.05, 3.63) is 53.1 Å². The molecule has 1 saturated heterocycles. The van der Waals surface area contributed by atoms with Crippen molar-refractivity contribution in [2.24, 2.45) is 0 Å². The first-order chi connectivity index (χ1) is 17.1. The molecule has 1 N–H and O–H groups in total. The van der Waals surface area contributed by atoms with Gasteiger partial charge in [-0.25, -0.2) is 0 Å². The Morgan fingerprint density at radius 2 is 1.58 bits per heavy atom. The predicted octanol–water partition coefficient (Wildman–Crippen LogP) is 3.48. The number of nitrogens with zero attached hydrogens (tertiary/aromatic N) is 2. The summed E-state index contributed by atoms with van der Waals surface area (Å²) in [6.45, 7) is 4.61. The molecule has 9 nitrogen and oxygen atoms in total. The van der Waals surface area contributed by atoms with Gasteiger partial charge in [0.15, 0.2) is 11.5 Å². The number of likely N-dealkylation sites (tertiary alicyclic amines) is 1. The molecule has 0 bridgehead atoms. The highest BCUT2D eigenvalue weighted by atomic mass is 16.5. The Labute approximate surface area is 211 Å². The van der Waals surface area contributed by atoms with E-state index in [1.807, 2.05) is 32.8 Å². The van der Waals surface area contributed by atoms with E-state index in [1.165, 1.54) is 26.2 Å². The van der Waals surface area contributed by atoms with Crippen LogP contribution in [0.25, 0.3) is 5.76 Å². The minimum atomic E-state index is -0.860. The highest BCUT2D eigenvalue weighted by molar-refractivity contribution is 6.46. The van der Waals surface area contributed by atoms with E-state index in [4.69, 9.17) is 18.9 Å². The number of ether oxygens (including phenoxy) is 4. The van der Waals surface area contributed by atoms with Crippen LogP contribution in [0, 0.1) is 0 Å². The largest absolute Gasteiger partial charge is 0.506 e. The average molecular weight is 499 g/mol. The number of hydrogen-bond acceptors (Lipinski definition) is 8. The lowest BCUT2D eigenvalue weighted by Crippen LogP contribution is -2.35. The topological polar surface area (TPSA) is 97.8 Å². The first kappa shape index (κ1) is 26.9. The van der Waals surface area contributed by atoms with E-state index in [0.717, 1.165) is 0 Å². The number of benzene rings is 2. The average Bonchev–Trinajstić information content (AvgIpc) is 3.11. The molecule has 1 heterocycles. The first-order valence-corrected chi connectivity index (χ1v) is 11.6. The quantitative estimate of drug-likeness (QED) is 0.302. The number of carbonyl (C=O) groups is 2. The lowest BCUT2D eigenvalue weighted by Gasteiger charge is -2.27. The minimum absolute atomic E-state index is 0.0545. The van der Waals surface area contributed by atoms with Gasteiger partial charge < -0.3 is 33.9 Å². The number of ketones is 1. The molecule has 1 aliphatic heterocycles. The van der Waals surface area contributed by atoms with Crippen molar-refractivity contribution in [1.29, 1.82) is 0 Å². The van der Waals surface area contributed by atoms with Gasteiger partial charge >= 0.3 is 0 Å². The maximum atomic E-state index is 13.4. The van der Waals surface area contributed by atoms with Crippen molar-refractivity contribution in [2.75, 3.05) is 48.5 Å². The standard InChI is InChI=1S/C27H34N2O7/c1-16(2)36-18-12-11-17(15-21(18)35-7)24-23(26(31)27(32)29(24)14-13-28(3)4)25(30)22-19(33-5)9-8-10-20(22)34-6/h8-12,15-16,24,30H,13-14H2,1-7H3/b25-23+. The summed E-state index contributed by atoms with van der Waals surface area (Å²) in [7, 11) is 8.20. The van der Waals surface area contributed by atoms with Gasteiger partial charge in [0, 0.05) is 13.1 Å². The van der Waals surface area contributed by atoms with Gasteiger partial charge in [-0.3, -0.25) is 9.59 Å². The Bertz CT molecular complexity index is 1130. The van der Waals surface area contributed by atoms with Crippen LogP contribution in [0.2, 0.25) is 0 Å². The number of aliphatic hydroxyl groups is 1. The molecule has 1 amide bonds. The van der Waals surface area contributed by atoms with Gasteiger partial charge in [0.2, 0.25) is 0 Å². The van der Waals surface area contributed by atoms with Crippen LogP contribution in [-0.2, 0) is 9.59 Å². The first-order valence-electron chi connectivity index (χ1n) is 11.6. The van der Waals surface area contributed by atoms with E-state index in [-0.39, 0.29) is 29.5 Å². The molecule has 0 saturated carbocycles. The van der Waals surface area contributed by atoms with Crippen LogP contribution in [0.5, 0.6) is 23.0 Å². The molecule has 1 aliphatic rings. The van der Waals surface area contributed by atoms with Gasteiger partial charge in [-0.15, -0.1) is 0 Å². The van der Waals surface area contributed by atoms with E-state index in [9.17, 15) is 14.7 Å². The number of carbonyl (C=O) groups excluding carboxylic acids is 2. The summed E-state index contributed by atoms with van der Waals surface area (Å²) < 4.78 is 22.3. The van der Waals surface area contributed by atoms with Crippen molar-refractivity contribution >= 4 is 17.4 Å². The third kappa shape index (κ3) is 5.26. The molecule has 0 aromatic heterocycles. The zero-order chi connectivity index (χ0) is 26.6. The number of rotatable bonds is 10. The maximum absolute atomic E-state index is 13.4. The van der Waals surface area contributed by atoms with Crippen LogP contribution in [0.4, 0.5) is 0 Å². The summed E-state index contributed by atoms with van der Waals surface area (Å²) in [5.41, 5.74) is 0.738. The molecule has 36 heavy (non-hydrogen) atoms. The van der Waals surface area contributed by atoms with Gasteiger partial charge in [-0.1, -0.05) is 12.1 Å². The van der Waals surface area contributed by atoms with Crippen LogP contribution >= 0.6 is 0 Å². The van der Waals surface area contributed by atoms with E-state index >= 15 is 0 Å². The van der Waals surface area contributed by atoms with Gasteiger partial charge in [0.1, 0.15) is 22.8 Å². The number of aliphatic hydroxyl groups excluding tert-OH is 1. The van der Waals surface area contributed by atoms with Crippen LogP contribution in [-0.4, -0.2) is 81.2 Å². The molecule has 0 spiro atoms. The Kier molecular flexibility index (Phi) is 8.47. The summed E-state index contributed by atoms with van der Waals surface area (Å²) in [5.74, 6) is -0.250. The second-order valence-corrected chi connectivity index (χ2v) is 8.91. The fourth-order valence-electron chi connectivity index (χ4n) is 4.19. The molecular weight excluding hydrogens is 464 g/mol. The van der Waals surface area contributed by atoms with Gasteiger partial charge in [0.25, 0.3) is 11.7 Å². The smallest absolute Gasteiger partial charge is 0.295 e. The number of Topliss-reactive ketones (excluding diaryl/α,β-unsaturated/α-hetero) is 1. The molecule has 3 rings (SSSR count). The van der Waals surface area contributed by atoms with E-state index in [1.54, 1.807) is 36.4 Å². The van der Waals surface area contributed by atoms with E-state index in [2.05, 4.69) is 0 Å². The molecule has 194 valence electrons. The van der Waals surface area contributed by atoms with E-state index < -0.39 is 17.7 Å². The molecule has 1 atom stereocenters. The Hall–Kier alpha value is -3.72. The summed E-state index contributed by atoms with van der Waals surface area (Å²) in [6, 6.07) is 9.38. The number of amides is 1. The van der Waals surface area contributed by atoms with Crippen LogP contribution in [0.3, 0.4) is 0 Å². The SMILES string of the molecule is COc1cc(C2/C(=C(\O)c3c(OC)cccc3OC)C(=O)C(=O)N2CCN(C)C)ccc1OC(C)C. The monoisotopic (exact) mass is 498 g/mol. The summed E-state index contributed by atoms with van der Waals surface area (Å²) in [4.78, 5) is 30.0. The molecule has 9 heteroatoms. The van der Waals surface area contributed by atoms with Gasteiger partial charge in [-0.2, -0.15) is 0 Å². The molecule has 1 fully saturated rings. The third-order valence-electron chi connectivity index (χ3n) is 5.86. The Morgan fingerprint density at radius 3 is 2.11 bits per heavy atom. The predicted molar refractivity (Wildman–Crippen MR) is 136 cm³/mol. The second-order valence-electron chi connectivity index (χ2n) is 8.91. The highest BCUT2D eigenvalue weighted by Crippen LogP contribution is 2.44. The van der Waals surface area contributed by atoms with Crippen LogP contribution < -0.4 is 18.9 Å². The lowest BCUT2D eigenvalue weighted by molar-refractivity contribution is -0.140. The van der Waals surface area contributed by atoms with Crippen molar-refractivity contribution < 1.29 is 33.6 Å². The number of hydrogen-bond donors (Lipinski definition) is 1. The van der Waals surface area contributed by atoms with Crippen LogP contribution in [0.15, 0.2) is 42.0 Å². The molecule has 0 radical (unpaired) electrons. The zero-order valence-corrected chi connectivity index (χ0v) is 21.8. The van der Waals surface area contributed by atoms with Crippen molar-refractivity contribution in [3.63, 3.8) is 0 Å². The van der Waals surface area contributed by atoms with Gasteiger partial charge in [-0.05, 0) is 57.8 Å². The normalized spacial score (nSPS) is 17.1. The van der Waals surface area contributed by atoms with Crippen molar-refractivity contribution in [3.8, 4) is 23.0 Å². The van der Waals surface area contributed by atoms with Gasteiger partial charge in [0.05, 0.1) is 39.0 Å². The highest BCUT2D eigenvalue weighted by Gasteiger charge is 2.46. The molecule has 2 aromatic rings. The van der Waals surface area contributed by atoms with Crippen molar-refractivity contribution in [2.45, 2.75) is 26.0 Å². The number of methoxy groups -OCH3 is 3. The molecule has 1 unspecified atom stereocenters. The summed E-state index contributed by atoms with van der Waals surface area (Å²) >= 11 is 0.